The molecule has 0 bridgehead atoms. The summed E-state index contributed by atoms with van der Waals surface area (Å²) in [7, 11) is 0. The summed E-state index contributed by atoms with van der Waals surface area (Å²) in [5.41, 5.74) is 0.0768. The molecule has 0 unspecified atom stereocenters. The molecule has 92 valence electrons. The first-order valence-corrected chi connectivity index (χ1v) is 5.81. The topological polar surface area (TPSA) is 55.6 Å². The van der Waals surface area contributed by atoms with Crippen LogP contribution in [-0.2, 0) is 0 Å². The van der Waals surface area contributed by atoms with Crippen LogP contribution in [0.5, 0.6) is 5.75 Å². The van der Waals surface area contributed by atoms with Gasteiger partial charge in [-0.2, -0.15) is 0 Å². The first kappa shape index (κ1) is 12.1. The summed E-state index contributed by atoms with van der Waals surface area (Å²) in [6.45, 7) is 1.61. The van der Waals surface area contributed by atoms with Gasteiger partial charge in [0.15, 0.2) is 0 Å². The molecule has 1 heterocycles. The Labute approximate surface area is 104 Å². The van der Waals surface area contributed by atoms with Crippen LogP contribution in [-0.4, -0.2) is 28.5 Å². The number of hydrogen-bond acceptors (Lipinski definition) is 4. The van der Waals surface area contributed by atoms with Gasteiger partial charge in [-0.3, -0.25) is 10.1 Å². The number of ether oxygens (including phenoxy) is 1. The van der Waals surface area contributed by atoms with E-state index in [1.165, 1.54) is 12.1 Å². The summed E-state index contributed by atoms with van der Waals surface area (Å²) in [5, 5.41) is 10.5. The van der Waals surface area contributed by atoms with Crippen LogP contribution in [0.1, 0.15) is 12.8 Å². The summed E-state index contributed by atoms with van der Waals surface area (Å²) in [6.07, 6.45) is 1.90. The average molecular weight is 257 g/mol. The second-order valence-corrected chi connectivity index (χ2v) is 4.46. The predicted molar refractivity (Wildman–Crippen MR) is 64.2 cm³/mol. The van der Waals surface area contributed by atoms with Gasteiger partial charge in [-0.25, -0.2) is 4.42 Å². The molecule has 2 rings (SSSR count). The van der Waals surface area contributed by atoms with Crippen LogP contribution in [0.2, 0.25) is 0 Å². The van der Waals surface area contributed by atoms with Gasteiger partial charge in [-0.15, -0.1) is 0 Å². The van der Waals surface area contributed by atoms with Crippen molar-refractivity contribution in [3.63, 3.8) is 0 Å². The predicted octanol–water partition coefficient (Wildman–Crippen LogP) is 2.59. The number of benzene rings is 1. The molecule has 1 aliphatic rings. The molecule has 0 amide bonds. The minimum Gasteiger partial charge on any atom is -0.490 e. The van der Waals surface area contributed by atoms with Crippen LogP contribution >= 0.6 is 11.8 Å². The summed E-state index contributed by atoms with van der Waals surface area (Å²) in [4.78, 5) is 10.1. The second-order valence-electron chi connectivity index (χ2n) is 3.98. The van der Waals surface area contributed by atoms with Crippen LogP contribution in [0, 0.1) is 10.1 Å². The quantitative estimate of drug-likeness (QED) is 0.474. The molecule has 1 aromatic rings. The van der Waals surface area contributed by atoms with Crippen LogP contribution in [0.15, 0.2) is 24.3 Å². The lowest BCUT2D eigenvalue weighted by Crippen LogP contribution is -2.32. The molecule has 1 aliphatic heterocycles. The fraction of sp³-hybridized carbons (Fsp3) is 0.455. The lowest BCUT2D eigenvalue weighted by atomic mass is 10.1. The van der Waals surface area contributed by atoms with Crippen molar-refractivity contribution in [2.24, 2.45) is 0 Å². The minimum absolute atomic E-state index is 0.0768. The van der Waals surface area contributed by atoms with Gasteiger partial charge in [0, 0.05) is 25.2 Å². The third kappa shape index (κ3) is 3.31. The molecular weight excluding hydrogens is 244 g/mol. The number of halogens is 1. The van der Waals surface area contributed by atoms with E-state index in [2.05, 4.69) is 0 Å². The van der Waals surface area contributed by atoms with E-state index in [0.717, 1.165) is 25.9 Å². The van der Waals surface area contributed by atoms with Crippen molar-refractivity contribution >= 4 is 17.5 Å². The van der Waals surface area contributed by atoms with Crippen molar-refractivity contribution < 1.29 is 9.66 Å². The van der Waals surface area contributed by atoms with Crippen LogP contribution < -0.4 is 4.74 Å². The van der Waals surface area contributed by atoms with Crippen molar-refractivity contribution in [3.8, 4) is 5.75 Å². The highest BCUT2D eigenvalue weighted by Crippen LogP contribution is 2.22. The smallest absolute Gasteiger partial charge is 0.269 e. The Morgan fingerprint density at radius 3 is 2.41 bits per heavy atom. The highest BCUT2D eigenvalue weighted by atomic mass is 35.5. The van der Waals surface area contributed by atoms with E-state index < -0.39 is 4.92 Å². The molecule has 5 nitrogen and oxygen atoms in total. The first-order valence-electron chi connectivity index (χ1n) is 5.47. The molecule has 0 aromatic heterocycles. The van der Waals surface area contributed by atoms with E-state index in [0.29, 0.717) is 5.75 Å². The fourth-order valence-corrected chi connectivity index (χ4v) is 1.98. The van der Waals surface area contributed by atoms with Crippen molar-refractivity contribution in [1.82, 2.24) is 4.42 Å². The largest absolute Gasteiger partial charge is 0.490 e. The number of nitrogens with zero attached hydrogens (tertiary/aromatic N) is 2. The van der Waals surface area contributed by atoms with Gasteiger partial charge in [-0.1, -0.05) is 0 Å². The maximum Gasteiger partial charge on any atom is 0.269 e. The number of hydrogen-bond donors (Lipinski definition) is 0. The molecule has 0 spiro atoms. The first-order chi connectivity index (χ1) is 8.15. The van der Waals surface area contributed by atoms with Gasteiger partial charge >= 0.3 is 0 Å². The Kier molecular flexibility index (Phi) is 3.81. The Morgan fingerprint density at radius 2 is 1.88 bits per heavy atom. The maximum atomic E-state index is 10.5. The molecule has 6 heteroatoms. The molecule has 1 saturated heterocycles. The van der Waals surface area contributed by atoms with Gasteiger partial charge in [0.1, 0.15) is 11.9 Å². The molecule has 1 aromatic carbocycles. The van der Waals surface area contributed by atoms with Gasteiger partial charge in [-0.05, 0) is 36.8 Å². The van der Waals surface area contributed by atoms with Gasteiger partial charge < -0.3 is 4.74 Å². The van der Waals surface area contributed by atoms with E-state index in [-0.39, 0.29) is 11.8 Å². The van der Waals surface area contributed by atoms with Gasteiger partial charge in [0.2, 0.25) is 0 Å². The third-order valence-electron chi connectivity index (χ3n) is 2.74. The van der Waals surface area contributed by atoms with Crippen molar-refractivity contribution in [1.29, 1.82) is 0 Å². The number of nitro benzene ring substituents is 1. The lowest BCUT2D eigenvalue weighted by Gasteiger charge is -2.27. The summed E-state index contributed by atoms with van der Waals surface area (Å²) >= 11 is 5.84. The van der Waals surface area contributed by atoms with E-state index in [9.17, 15) is 10.1 Å². The molecule has 1 fully saturated rings. The summed E-state index contributed by atoms with van der Waals surface area (Å²) in [5.74, 6) is 0.670. The zero-order valence-corrected chi connectivity index (χ0v) is 9.97. The van der Waals surface area contributed by atoms with E-state index in [1.807, 2.05) is 0 Å². The molecular formula is C11H13ClN2O3. The zero-order chi connectivity index (χ0) is 12.3. The van der Waals surface area contributed by atoms with Gasteiger partial charge in [0.25, 0.3) is 5.69 Å². The Hall–Kier alpha value is -1.33. The SMILES string of the molecule is O=[N+]([O-])c1ccc(OC2CCN(Cl)CC2)cc1. The Balaban J connectivity index is 1.92. The van der Waals surface area contributed by atoms with E-state index in [4.69, 9.17) is 16.5 Å². The maximum absolute atomic E-state index is 10.5. The molecule has 0 atom stereocenters. The molecule has 0 radical (unpaired) electrons. The monoisotopic (exact) mass is 256 g/mol. The molecule has 17 heavy (non-hydrogen) atoms. The van der Waals surface area contributed by atoms with Crippen LogP contribution in [0.3, 0.4) is 0 Å². The van der Waals surface area contributed by atoms with Crippen LogP contribution in [0.4, 0.5) is 5.69 Å². The second kappa shape index (κ2) is 5.33. The lowest BCUT2D eigenvalue weighted by molar-refractivity contribution is -0.384. The minimum atomic E-state index is -0.421. The van der Waals surface area contributed by atoms with Crippen molar-refractivity contribution in [2.45, 2.75) is 18.9 Å². The Morgan fingerprint density at radius 1 is 1.29 bits per heavy atom. The molecule has 0 aliphatic carbocycles. The van der Waals surface area contributed by atoms with Crippen LogP contribution in [0.25, 0.3) is 0 Å². The summed E-state index contributed by atoms with van der Waals surface area (Å²) < 4.78 is 7.48. The summed E-state index contributed by atoms with van der Waals surface area (Å²) in [6, 6.07) is 6.16. The number of nitro groups is 1. The average Bonchev–Trinajstić information content (AvgIpc) is 2.33. The third-order valence-corrected chi connectivity index (χ3v) is 3.08. The standard InChI is InChI=1S/C11H13ClN2O3/c12-13-7-5-11(6-8-13)17-10-3-1-9(2-4-10)14(15)16/h1-4,11H,5-8H2. The zero-order valence-electron chi connectivity index (χ0n) is 9.21. The van der Waals surface area contributed by atoms with Crippen molar-refractivity contribution in [3.05, 3.63) is 34.4 Å². The molecule has 0 N–H and O–H groups in total. The number of piperidine rings is 1. The molecule has 0 saturated carbocycles. The van der Waals surface area contributed by atoms with Gasteiger partial charge in [0.05, 0.1) is 4.92 Å². The van der Waals surface area contributed by atoms with E-state index >= 15 is 0 Å². The van der Waals surface area contributed by atoms with Crippen molar-refractivity contribution in [2.75, 3.05) is 13.1 Å². The Bertz CT molecular complexity index is 388. The normalized spacial score (nSPS) is 17.9. The number of rotatable bonds is 3. The fourth-order valence-electron chi connectivity index (χ4n) is 1.78. The van der Waals surface area contributed by atoms with E-state index in [1.54, 1.807) is 16.6 Å². The highest BCUT2D eigenvalue weighted by Gasteiger charge is 2.19. The number of non-ortho nitro benzene ring substituents is 1. The highest BCUT2D eigenvalue weighted by molar-refractivity contribution is 6.13.